The first-order chi connectivity index (χ1) is 13.3. The lowest BCUT2D eigenvalue weighted by Crippen LogP contribution is -2.10. The molecule has 4 rings (SSSR count). The van der Waals surface area contributed by atoms with E-state index in [0.717, 1.165) is 29.4 Å². The first-order valence-corrected chi connectivity index (χ1v) is 8.99. The van der Waals surface area contributed by atoms with Gasteiger partial charge in [-0.1, -0.05) is 67.2 Å². The number of carbonyl (C=O) groups excluding carboxylic acids is 1. The summed E-state index contributed by atoms with van der Waals surface area (Å²) in [5.74, 6) is 0.342. The first-order valence-electron chi connectivity index (χ1n) is 8.99. The molecular weight excluding hydrogens is 336 g/mol. The molecule has 0 amide bonds. The van der Waals surface area contributed by atoms with E-state index in [1.807, 2.05) is 18.2 Å². The van der Waals surface area contributed by atoms with Gasteiger partial charge in [-0.15, -0.1) is 0 Å². The van der Waals surface area contributed by atoms with E-state index in [-0.39, 0.29) is 6.61 Å². The second kappa shape index (κ2) is 7.50. The number of hydrogen-bond donors (Lipinski definition) is 0. The zero-order valence-corrected chi connectivity index (χ0v) is 15.0. The van der Waals surface area contributed by atoms with Crippen molar-refractivity contribution in [3.63, 3.8) is 0 Å². The Hall–Kier alpha value is -3.33. The Bertz CT molecular complexity index is 1000. The molecule has 0 saturated carbocycles. The second-order valence-corrected chi connectivity index (χ2v) is 6.39. The molecule has 0 radical (unpaired) electrons. The third-order valence-corrected chi connectivity index (χ3v) is 4.75. The molecule has 3 nitrogen and oxygen atoms in total. The van der Waals surface area contributed by atoms with Gasteiger partial charge in [-0.25, -0.2) is 4.79 Å². The SMILES string of the molecule is C=CC(=O)OCCOc1ccccc1-c1cccc2c1-c1ccccc1C2. The summed E-state index contributed by atoms with van der Waals surface area (Å²) in [4.78, 5) is 11.2. The average Bonchev–Trinajstić information content (AvgIpc) is 3.10. The van der Waals surface area contributed by atoms with E-state index in [9.17, 15) is 4.79 Å². The zero-order chi connectivity index (χ0) is 18.6. The highest BCUT2D eigenvalue weighted by atomic mass is 16.6. The molecule has 1 aliphatic carbocycles. The number of hydrogen-bond acceptors (Lipinski definition) is 3. The largest absolute Gasteiger partial charge is 0.489 e. The number of ether oxygens (including phenoxy) is 2. The molecule has 0 spiro atoms. The molecule has 3 heteroatoms. The predicted molar refractivity (Wildman–Crippen MR) is 107 cm³/mol. The fourth-order valence-electron chi connectivity index (χ4n) is 3.58. The smallest absolute Gasteiger partial charge is 0.330 e. The van der Waals surface area contributed by atoms with E-state index in [4.69, 9.17) is 9.47 Å². The number of esters is 1. The summed E-state index contributed by atoms with van der Waals surface area (Å²) in [5.41, 5.74) is 7.47. The van der Waals surface area contributed by atoms with Gasteiger partial charge < -0.3 is 9.47 Å². The molecule has 27 heavy (non-hydrogen) atoms. The molecule has 3 aromatic carbocycles. The lowest BCUT2D eigenvalue weighted by molar-refractivity contribution is -0.138. The lowest BCUT2D eigenvalue weighted by atomic mass is 9.94. The molecule has 0 fully saturated rings. The number of fused-ring (bicyclic) bond motifs is 3. The first kappa shape index (κ1) is 17.1. The van der Waals surface area contributed by atoms with Gasteiger partial charge in [-0.05, 0) is 40.3 Å². The quantitative estimate of drug-likeness (QED) is 0.276. The van der Waals surface area contributed by atoms with Gasteiger partial charge in [0, 0.05) is 11.6 Å². The van der Waals surface area contributed by atoms with Crippen LogP contribution < -0.4 is 4.74 Å². The summed E-state index contributed by atoms with van der Waals surface area (Å²) in [6.45, 7) is 3.87. The fourth-order valence-corrected chi connectivity index (χ4v) is 3.58. The van der Waals surface area contributed by atoms with Crippen LogP contribution >= 0.6 is 0 Å². The third-order valence-electron chi connectivity index (χ3n) is 4.75. The Morgan fingerprint density at radius 1 is 0.852 bits per heavy atom. The van der Waals surface area contributed by atoms with Gasteiger partial charge >= 0.3 is 5.97 Å². The Kier molecular flexibility index (Phi) is 4.75. The molecule has 0 heterocycles. The van der Waals surface area contributed by atoms with Crippen LogP contribution in [0.4, 0.5) is 0 Å². The standard InChI is InChI=1S/C24H20O3/c1-2-23(25)27-15-14-26-22-13-6-5-11-20(22)21-12-7-9-18-16-17-8-3-4-10-19(17)24(18)21/h2-13H,1,14-16H2. The van der Waals surface area contributed by atoms with Crippen molar-refractivity contribution in [1.29, 1.82) is 0 Å². The molecule has 1 aliphatic rings. The van der Waals surface area contributed by atoms with Crippen LogP contribution in [0.3, 0.4) is 0 Å². The van der Waals surface area contributed by atoms with Crippen molar-refractivity contribution in [3.05, 3.63) is 90.5 Å². The highest BCUT2D eigenvalue weighted by Gasteiger charge is 2.22. The lowest BCUT2D eigenvalue weighted by Gasteiger charge is -2.15. The molecule has 0 atom stereocenters. The van der Waals surface area contributed by atoms with Gasteiger partial charge in [0.25, 0.3) is 0 Å². The Balaban J connectivity index is 1.66. The topological polar surface area (TPSA) is 35.5 Å². The van der Waals surface area contributed by atoms with Crippen LogP contribution in [0, 0.1) is 0 Å². The van der Waals surface area contributed by atoms with E-state index in [0.29, 0.717) is 6.61 Å². The summed E-state index contributed by atoms with van der Waals surface area (Å²) in [6, 6.07) is 23.0. The molecule has 0 bridgehead atoms. The molecular formula is C24H20O3. The van der Waals surface area contributed by atoms with Gasteiger partial charge in [-0.3, -0.25) is 0 Å². The summed E-state index contributed by atoms with van der Waals surface area (Å²) in [7, 11) is 0. The van der Waals surface area contributed by atoms with Gasteiger partial charge in [-0.2, -0.15) is 0 Å². The monoisotopic (exact) mass is 356 g/mol. The maximum absolute atomic E-state index is 11.2. The van der Waals surface area contributed by atoms with Crippen LogP contribution in [0.5, 0.6) is 5.75 Å². The van der Waals surface area contributed by atoms with Crippen LogP contribution in [-0.4, -0.2) is 19.2 Å². The van der Waals surface area contributed by atoms with Crippen molar-refractivity contribution < 1.29 is 14.3 Å². The maximum Gasteiger partial charge on any atom is 0.330 e. The van der Waals surface area contributed by atoms with Gasteiger partial charge in [0.05, 0.1) is 0 Å². The van der Waals surface area contributed by atoms with Crippen molar-refractivity contribution in [2.75, 3.05) is 13.2 Å². The Labute approximate surface area is 158 Å². The average molecular weight is 356 g/mol. The molecule has 0 saturated heterocycles. The van der Waals surface area contributed by atoms with E-state index < -0.39 is 5.97 Å². The minimum absolute atomic E-state index is 0.189. The minimum atomic E-state index is -0.440. The van der Waals surface area contributed by atoms with Crippen LogP contribution in [0.25, 0.3) is 22.3 Å². The number of benzene rings is 3. The Morgan fingerprint density at radius 3 is 2.41 bits per heavy atom. The predicted octanol–water partition coefficient (Wildman–Crippen LogP) is 5.03. The van der Waals surface area contributed by atoms with Crippen molar-refractivity contribution >= 4 is 5.97 Å². The summed E-state index contributed by atoms with van der Waals surface area (Å²) >= 11 is 0. The summed E-state index contributed by atoms with van der Waals surface area (Å²) < 4.78 is 10.9. The second-order valence-electron chi connectivity index (χ2n) is 6.39. The molecule has 134 valence electrons. The summed E-state index contributed by atoms with van der Waals surface area (Å²) in [5, 5.41) is 0. The zero-order valence-electron chi connectivity index (χ0n) is 15.0. The molecule has 0 N–H and O–H groups in total. The van der Waals surface area contributed by atoms with E-state index in [1.165, 1.54) is 22.3 Å². The molecule has 0 unspecified atom stereocenters. The van der Waals surface area contributed by atoms with Gasteiger partial charge in [0.15, 0.2) is 0 Å². The number of para-hydroxylation sites is 1. The van der Waals surface area contributed by atoms with Crippen molar-refractivity contribution in [3.8, 4) is 28.0 Å². The molecule has 0 aliphatic heterocycles. The number of carbonyl (C=O) groups is 1. The third kappa shape index (κ3) is 3.36. The van der Waals surface area contributed by atoms with Crippen LogP contribution in [0.1, 0.15) is 11.1 Å². The van der Waals surface area contributed by atoms with Gasteiger partial charge in [0.2, 0.25) is 0 Å². The highest BCUT2D eigenvalue weighted by molar-refractivity contribution is 5.91. The Morgan fingerprint density at radius 2 is 1.56 bits per heavy atom. The minimum Gasteiger partial charge on any atom is -0.489 e. The fraction of sp³-hybridized carbons (Fsp3) is 0.125. The van der Waals surface area contributed by atoms with E-state index >= 15 is 0 Å². The van der Waals surface area contributed by atoms with Crippen LogP contribution in [0.2, 0.25) is 0 Å². The van der Waals surface area contributed by atoms with E-state index in [1.54, 1.807) is 0 Å². The highest BCUT2D eigenvalue weighted by Crippen LogP contribution is 2.44. The summed E-state index contributed by atoms with van der Waals surface area (Å²) in [6.07, 6.45) is 2.11. The number of rotatable bonds is 6. The van der Waals surface area contributed by atoms with Crippen molar-refractivity contribution in [2.45, 2.75) is 6.42 Å². The van der Waals surface area contributed by atoms with Crippen molar-refractivity contribution in [2.24, 2.45) is 0 Å². The maximum atomic E-state index is 11.2. The molecule has 0 aromatic heterocycles. The van der Waals surface area contributed by atoms with Crippen molar-refractivity contribution in [1.82, 2.24) is 0 Å². The van der Waals surface area contributed by atoms with Crippen LogP contribution in [0.15, 0.2) is 79.4 Å². The van der Waals surface area contributed by atoms with Crippen LogP contribution in [-0.2, 0) is 16.0 Å². The molecule has 3 aromatic rings. The van der Waals surface area contributed by atoms with Gasteiger partial charge in [0.1, 0.15) is 19.0 Å². The van der Waals surface area contributed by atoms with E-state index in [2.05, 4.69) is 55.1 Å². The normalized spacial score (nSPS) is 11.4.